The lowest BCUT2D eigenvalue weighted by atomic mass is 10.1. The molecule has 6 heteroatoms. The number of pyridine rings is 1. The van der Waals surface area contributed by atoms with Gasteiger partial charge in [0.05, 0.1) is 12.7 Å². The standard InChI is InChI=1S/C19H22N4O2/c1-12(2)11-17-21-18(14-10-9-13(3)20-19(14)24)23(22-17)15-7-5-6-8-16(15)25-4/h5-10,12H,11H2,1-4H3,(H,20,24). The van der Waals surface area contributed by atoms with Crippen LogP contribution in [0.5, 0.6) is 5.75 Å². The number of ether oxygens (including phenoxy) is 1. The molecule has 0 bridgehead atoms. The topological polar surface area (TPSA) is 72.8 Å². The molecule has 0 aliphatic carbocycles. The fraction of sp³-hybridized carbons (Fsp3) is 0.316. The smallest absolute Gasteiger partial charge is 0.259 e. The predicted octanol–water partition coefficient (Wildman–Crippen LogP) is 3.14. The third-order valence-electron chi connectivity index (χ3n) is 3.85. The van der Waals surface area contributed by atoms with Crippen molar-refractivity contribution in [2.45, 2.75) is 27.2 Å². The Morgan fingerprint density at radius 3 is 2.64 bits per heavy atom. The van der Waals surface area contributed by atoms with Crippen molar-refractivity contribution in [3.05, 3.63) is 58.3 Å². The number of aryl methyl sites for hydroxylation is 1. The SMILES string of the molecule is COc1ccccc1-n1nc(CC(C)C)nc1-c1ccc(C)[nH]c1=O. The van der Waals surface area contributed by atoms with E-state index in [9.17, 15) is 4.79 Å². The van der Waals surface area contributed by atoms with Crippen LogP contribution in [0.3, 0.4) is 0 Å². The fourth-order valence-corrected chi connectivity index (χ4v) is 2.70. The highest BCUT2D eigenvalue weighted by Gasteiger charge is 2.19. The number of benzene rings is 1. The van der Waals surface area contributed by atoms with E-state index in [0.717, 1.165) is 17.8 Å². The number of nitrogens with zero attached hydrogens (tertiary/aromatic N) is 3. The second kappa shape index (κ2) is 6.93. The summed E-state index contributed by atoms with van der Waals surface area (Å²) >= 11 is 0. The number of aromatic nitrogens is 4. The minimum absolute atomic E-state index is 0.181. The first-order valence-corrected chi connectivity index (χ1v) is 8.29. The number of hydrogen-bond acceptors (Lipinski definition) is 4. The molecule has 0 amide bonds. The number of hydrogen-bond donors (Lipinski definition) is 1. The molecule has 3 aromatic rings. The summed E-state index contributed by atoms with van der Waals surface area (Å²) < 4.78 is 7.15. The van der Waals surface area contributed by atoms with Crippen LogP contribution in [0, 0.1) is 12.8 Å². The Morgan fingerprint density at radius 1 is 1.20 bits per heavy atom. The average molecular weight is 338 g/mol. The summed E-state index contributed by atoms with van der Waals surface area (Å²) in [5.41, 5.74) is 1.86. The molecule has 3 rings (SSSR count). The largest absolute Gasteiger partial charge is 0.494 e. The molecule has 2 heterocycles. The molecule has 130 valence electrons. The number of methoxy groups -OCH3 is 1. The molecule has 0 saturated heterocycles. The van der Waals surface area contributed by atoms with Gasteiger partial charge in [0, 0.05) is 12.1 Å². The number of aromatic amines is 1. The van der Waals surface area contributed by atoms with Gasteiger partial charge in [-0.1, -0.05) is 26.0 Å². The van der Waals surface area contributed by atoms with E-state index in [0.29, 0.717) is 28.9 Å². The van der Waals surface area contributed by atoms with Crippen LogP contribution in [0.15, 0.2) is 41.2 Å². The Labute approximate surface area is 146 Å². The molecular formula is C19H22N4O2. The third-order valence-corrected chi connectivity index (χ3v) is 3.85. The van der Waals surface area contributed by atoms with E-state index >= 15 is 0 Å². The summed E-state index contributed by atoms with van der Waals surface area (Å²) in [5, 5.41) is 4.64. The van der Waals surface area contributed by atoms with Gasteiger partial charge in [-0.05, 0) is 37.1 Å². The van der Waals surface area contributed by atoms with Crippen LogP contribution in [0.1, 0.15) is 25.4 Å². The van der Waals surface area contributed by atoms with Crippen molar-refractivity contribution in [2.75, 3.05) is 7.11 Å². The first kappa shape index (κ1) is 17.0. The zero-order valence-corrected chi connectivity index (χ0v) is 14.9. The molecule has 0 spiro atoms. The highest BCUT2D eigenvalue weighted by Crippen LogP contribution is 2.26. The molecule has 0 unspecified atom stereocenters. The quantitative estimate of drug-likeness (QED) is 0.776. The van der Waals surface area contributed by atoms with Crippen molar-refractivity contribution in [3.63, 3.8) is 0 Å². The van der Waals surface area contributed by atoms with Crippen LogP contribution in [0.2, 0.25) is 0 Å². The molecule has 0 radical (unpaired) electrons. The summed E-state index contributed by atoms with van der Waals surface area (Å²) in [7, 11) is 1.61. The van der Waals surface area contributed by atoms with Crippen LogP contribution in [0.4, 0.5) is 0 Å². The molecule has 0 saturated carbocycles. The molecule has 0 fully saturated rings. The van der Waals surface area contributed by atoms with Gasteiger partial charge < -0.3 is 9.72 Å². The van der Waals surface area contributed by atoms with E-state index in [4.69, 9.17) is 4.74 Å². The number of rotatable bonds is 5. The zero-order chi connectivity index (χ0) is 18.0. The molecule has 2 aromatic heterocycles. The molecule has 6 nitrogen and oxygen atoms in total. The van der Waals surface area contributed by atoms with Gasteiger partial charge in [0.1, 0.15) is 11.4 Å². The highest BCUT2D eigenvalue weighted by atomic mass is 16.5. The van der Waals surface area contributed by atoms with Crippen LogP contribution >= 0.6 is 0 Å². The van der Waals surface area contributed by atoms with Crippen LogP contribution in [0.25, 0.3) is 17.1 Å². The maximum absolute atomic E-state index is 12.4. The molecule has 25 heavy (non-hydrogen) atoms. The van der Waals surface area contributed by atoms with Crippen LogP contribution in [-0.4, -0.2) is 26.9 Å². The molecule has 0 aliphatic heterocycles. The maximum Gasteiger partial charge on any atom is 0.259 e. The first-order chi connectivity index (χ1) is 12.0. The van der Waals surface area contributed by atoms with Crippen LogP contribution in [-0.2, 0) is 6.42 Å². The average Bonchev–Trinajstić information content (AvgIpc) is 2.97. The van der Waals surface area contributed by atoms with Gasteiger partial charge in [-0.2, -0.15) is 5.10 Å². The molecule has 1 N–H and O–H groups in total. The molecule has 0 aliphatic rings. The molecular weight excluding hydrogens is 316 g/mol. The van der Waals surface area contributed by atoms with Gasteiger partial charge in [0.2, 0.25) is 0 Å². The van der Waals surface area contributed by atoms with Gasteiger partial charge >= 0.3 is 0 Å². The van der Waals surface area contributed by atoms with Crippen molar-refractivity contribution in [1.29, 1.82) is 0 Å². The van der Waals surface area contributed by atoms with Crippen molar-refractivity contribution >= 4 is 0 Å². The van der Waals surface area contributed by atoms with Gasteiger partial charge in [0.15, 0.2) is 11.6 Å². The minimum Gasteiger partial charge on any atom is -0.494 e. The second-order valence-electron chi connectivity index (χ2n) is 6.42. The highest BCUT2D eigenvalue weighted by molar-refractivity contribution is 5.59. The van der Waals surface area contributed by atoms with Crippen LogP contribution < -0.4 is 10.3 Å². The lowest BCUT2D eigenvalue weighted by molar-refractivity contribution is 0.411. The predicted molar refractivity (Wildman–Crippen MR) is 97.2 cm³/mol. The first-order valence-electron chi connectivity index (χ1n) is 8.29. The molecule has 0 atom stereocenters. The van der Waals surface area contributed by atoms with Crippen molar-refractivity contribution in [3.8, 4) is 22.8 Å². The lowest BCUT2D eigenvalue weighted by Gasteiger charge is -2.10. The maximum atomic E-state index is 12.4. The summed E-state index contributed by atoms with van der Waals surface area (Å²) in [4.78, 5) is 19.9. The van der Waals surface area contributed by atoms with Gasteiger partial charge in [0.25, 0.3) is 5.56 Å². The summed E-state index contributed by atoms with van der Waals surface area (Å²) in [6.07, 6.45) is 0.735. The second-order valence-corrected chi connectivity index (χ2v) is 6.42. The zero-order valence-electron chi connectivity index (χ0n) is 14.9. The van der Waals surface area contributed by atoms with E-state index in [1.54, 1.807) is 17.9 Å². The Hall–Kier alpha value is -2.89. The monoisotopic (exact) mass is 338 g/mol. The molecule has 1 aromatic carbocycles. The summed E-state index contributed by atoms with van der Waals surface area (Å²) in [5.74, 6) is 2.31. The Bertz CT molecular complexity index is 941. The van der Waals surface area contributed by atoms with Gasteiger partial charge in [-0.15, -0.1) is 0 Å². The lowest BCUT2D eigenvalue weighted by Crippen LogP contribution is -2.13. The Kier molecular flexibility index (Phi) is 4.70. The van der Waals surface area contributed by atoms with E-state index < -0.39 is 0 Å². The summed E-state index contributed by atoms with van der Waals surface area (Å²) in [6, 6.07) is 11.2. The van der Waals surface area contributed by atoms with E-state index in [-0.39, 0.29) is 5.56 Å². The Balaban J connectivity index is 2.23. The number of H-pyrrole nitrogens is 1. The van der Waals surface area contributed by atoms with Crippen molar-refractivity contribution in [2.24, 2.45) is 5.92 Å². The van der Waals surface area contributed by atoms with E-state index in [1.807, 2.05) is 37.3 Å². The fourth-order valence-electron chi connectivity index (χ4n) is 2.70. The van der Waals surface area contributed by atoms with Crippen molar-refractivity contribution in [1.82, 2.24) is 19.7 Å². The minimum atomic E-state index is -0.181. The van der Waals surface area contributed by atoms with Gasteiger partial charge in [-0.25, -0.2) is 9.67 Å². The summed E-state index contributed by atoms with van der Waals surface area (Å²) in [6.45, 7) is 6.07. The third kappa shape index (κ3) is 3.47. The van der Waals surface area contributed by atoms with E-state index in [1.165, 1.54) is 0 Å². The number of para-hydroxylation sites is 2. The van der Waals surface area contributed by atoms with Gasteiger partial charge in [-0.3, -0.25) is 4.79 Å². The number of nitrogens with one attached hydrogen (secondary N) is 1. The van der Waals surface area contributed by atoms with Crippen molar-refractivity contribution < 1.29 is 4.74 Å². The Morgan fingerprint density at radius 2 is 1.96 bits per heavy atom. The van der Waals surface area contributed by atoms with E-state index in [2.05, 4.69) is 28.9 Å². The normalized spacial score (nSPS) is 11.1.